The van der Waals surface area contributed by atoms with Crippen LogP contribution in [-0.2, 0) is 11.8 Å². The molecule has 0 saturated heterocycles. The number of nitrogens with zero attached hydrogens (tertiary/aromatic N) is 3. The summed E-state index contributed by atoms with van der Waals surface area (Å²) in [6, 6.07) is 7.60. The summed E-state index contributed by atoms with van der Waals surface area (Å²) in [6.45, 7) is 6.17. The summed E-state index contributed by atoms with van der Waals surface area (Å²) in [5.41, 5.74) is 0.939. The Kier molecular flexibility index (Phi) is 6.07. The third-order valence-corrected chi connectivity index (χ3v) is 4.93. The van der Waals surface area contributed by atoms with Crippen molar-refractivity contribution in [2.24, 2.45) is 13.0 Å². The standard InChI is InChI=1S/C16H21ClN4OS/c1-10(2)11(3)18-14(22)9-23-16-20-19-15(21(16)4)12-5-7-13(17)8-6-12/h5-8,10-11H,9H2,1-4H3,(H,18,22). The van der Waals surface area contributed by atoms with Crippen molar-refractivity contribution in [2.45, 2.75) is 32.0 Å². The minimum Gasteiger partial charge on any atom is -0.353 e. The molecule has 0 fully saturated rings. The zero-order valence-electron chi connectivity index (χ0n) is 13.7. The van der Waals surface area contributed by atoms with E-state index in [-0.39, 0.29) is 11.9 Å². The first-order chi connectivity index (χ1) is 10.9. The lowest BCUT2D eigenvalue weighted by Crippen LogP contribution is -2.37. The molecule has 2 rings (SSSR count). The van der Waals surface area contributed by atoms with Crippen LogP contribution in [0, 0.1) is 5.92 Å². The van der Waals surface area contributed by atoms with E-state index in [1.54, 1.807) is 0 Å². The Balaban J connectivity index is 2.00. The van der Waals surface area contributed by atoms with E-state index in [0.29, 0.717) is 21.8 Å². The Hall–Kier alpha value is -1.53. The molecule has 1 amide bonds. The van der Waals surface area contributed by atoms with Gasteiger partial charge in [0.1, 0.15) is 0 Å². The van der Waals surface area contributed by atoms with E-state index in [1.165, 1.54) is 11.8 Å². The fraction of sp³-hybridized carbons (Fsp3) is 0.438. The molecule has 1 atom stereocenters. The minimum atomic E-state index is 0.00671. The van der Waals surface area contributed by atoms with Crippen molar-refractivity contribution in [2.75, 3.05) is 5.75 Å². The number of carbonyl (C=O) groups is 1. The fourth-order valence-corrected chi connectivity index (χ4v) is 2.73. The molecule has 0 bridgehead atoms. The highest BCUT2D eigenvalue weighted by Crippen LogP contribution is 2.23. The van der Waals surface area contributed by atoms with Crippen LogP contribution in [0.4, 0.5) is 0 Å². The zero-order chi connectivity index (χ0) is 17.0. The maximum Gasteiger partial charge on any atom is 0.230 e. The van der Waals surface area contributed by atoms with Gasteiger partial charge in [-0.05, 0) is 37.1 Å². The van der Waals surface area contributed by atoms with Crippen LogP contribution < -0.4 is 5.32 Å². The summed E-state index contributed by atoms with van der Waals surface area (Å²) in [5.74, 6) is 1.49. The van der Waals surface area contributed by atoms with Crippen molar-refractivity contribution in [3.63, 3.8) is 0 Å². The van der Waals surface area contributed by atoms with Crippen LogP contribution in [0.3, 0.4) is 0 Å². The van der Waals surface area contributed by atoms with Crippen LogP contribution in [0.5, 0.6) is 0 Å². The van der Waals surface area contributed by atoms with Crippen LogP contribution in [-0.4, -0.2) is 32.5 Å². The average molecular weight is 353 g/mol. The van der Waals surface area contributed by atoms with Gasteiger partial charge in [-0.1, -0.05) is 37.2 Å². The molecule has 0 radical (unpaired) electrons. The van der Waals surface area contributed by atoms with Gasteiger partial charge in [0.25, 0.3) is 0 Å². The van der Waals surface area contributed by atoms with E-state index >= 15 is 0 Å². The summed E-state index contributed by atoms with van der Waals surface area (Å²) in [4.78, 5) is 12.0. The van der Waals surface area contributed by atoms with Crippen molar-refractivity contribution < 1.29 is 4.79 Å². The van der Waals surface area contributed by atoms with Crippen LogP contribution in [0.1, 0.15) is 20.8 Å². The molecule has 0 aliphatic heterocycles. The first kappa shape index (κ1) is 17.8. The lowest BCUT2D eigenvalue weighted by atomic mass is 10.1. The first-order valence-corrected chi connectivity index (χ1v) is 8.82. The van der Waals surface area contributed by atoms with Gasteiger partial charge in [-0.2, -0.15) is 0 Å². The molecule has 124 valence electrons. The van der Waals surface area contributed by atoms with Gasteiger partial charge in [-0.25, -0.2) is 0 Å². The number of rotatable bonds is 6. The second-order valence-corrected chi connectivity index (χ2v) is 7.14. The largest absolute Gasteiger partial charge is 0.353 e. The topological polar surface area (TPSA) is 59.8 Å². The normalized spacial score (nSPS) is 12.4. The highest BCUT2D eigenvalue weighted by molar-refractivity contribution is 7.99. The van der Waals surface area contributed by atoms with Crippen molar-refractivity contribution in [3.8, 4) is 11.4 Å². The second kappa shape index (κ2) is 7.84. The van der Waals surface area contributed by atoms with Crippen molar-refractivity contribution >= 4 is 29.3 Å². The van der Waals surface area contributed by atoms with Crippen LogP contribution >= 0.6 is 23.4 Å². The van der Waals surface area contributed by atoms with Gasteiger partial charge in [-0.15, -0.1) is 10.2 Å². The molecule has 1 unspecified atom stereocenters. The molecular formula is C16H21ClN4OS. The van der Waals surface area contributed by atoms with Crippen molar-refractivity contribution in [1.29, 1.82) is 0 Å². The van der Waals surface area contributed by atoms with Gasteiger partial charge in [0, 0.05) is 23.7 Å². The molecule has 23 heavy (non-hydrogen) atoms. The van der Waals surface area contributed by atoms with E-state index in [0.717, 1.165) is 11.4 Å². The predicted octanol–water partition coefficient (Wildman–Crippen LogP) is 3.39. The lowest BCUT2D eigenvalue weighted by Gasteiger charge is -2.17. The quantitative estimate of drug-likeness (QED) is 0.809. The highest BCUT2D eigenvalue weighted by atomic mass is 35.5. The summed E-state index contributed by atoms with van der Waals surface area (Å²) in [5, 5.41) is 12.7. The third kappa shape index (κ3) is 4.72. The first-order valence-electron chi connectivity index (χ1n) is 7.46. The van der Waals surface area contributed by atoms with Gasteiger partial charge in [0.15, 0.2) is 11.0 Å². The average Bonchev–Trinajstić information content (AvgIpc) is 2.87. The van der Waals surface area contributed by atoms with Crippen LogP contribution in [0.15, 0.2) is 29.4 Å². The van der Waals surface area contributed by atoms with Crippen LogP contribution in [0.25, 0.3) is 11.4 Å². The Morgan fingerprint density at radius 2 is 1.91 bits per heavy atom. The van der Waals surface area contributed by atoms with Gasteiger partial charge >= 0.3 is 0 Å². The van der Waals surface area contributed by atoms with E-state index in [2.05, 4.69) is 29.4 Å². The Bertz CT molecular complexity index is 669. The zero-order valence-corrected chi connectivity index (χ0v) is 15.3. The maximum absolute atomic E-state index is 12.0. The monoisotopic (exact) mass is 352 g/mol. The number of halogens is 1. The van der Waals surface area contributed by atoms with Gasteiger partial charge in [0.05, 0.1) is 5.75 Å². The molecule has 0 aliphatic carbocycles. The number of hydrogen-bond acceptors (Lipinski definition) is 4. The van der Waals surface area contributed by atoms with Gasteiger partial charge in [-0.3, -0.25) is 4.79 Å². The highest BCUT2D eigenvalue weighted by Gasteiger charge is 2.15. The molecule has 1 N–H and O–H groups in total. The molecular weight excluding hydrogens is 332 g/mol. The Morgan fingerprint density at radius 3 is 2.52 bits per heavy atom. The fourth-order valence-electron chi connectivity index (χ4n) is 1.88. The maximum atomic E-state index is 12.0. The summed E-state index contributed by atoms with van der Waals surface area (Å²) in [6.07, 6.45) is 0. The number of carbonyl (C=O) groups excluding carboxylic acids is 1. The molecule has 0 saturated carbocycles. The number of hydrogen-bond donors (Lipinski definition) is 1. The minimum absolute atomic E-state index is 0.00671. The van der Waals surface area contributed by atoms with E-state index in [4.69, 9.17) is 11.6 Å². The number of aromatic nitrogens is 3. The molecule has 1 aromatic heterocycles. The van der Waals surface area contributed by atoms with Crippen molar-refractivity contribution in [1.82, 2.24) is 20.1 Å². The molecule has 0 aliphatic rings. The SMILES string of the molecule is CC(C)C(C)NC(=O)CSc1nnc(-c2ccc(Cl)cc2)n1C. The predicted molar refractivity (Wildman–Crippen MR) is 94.6 cm³/mol. The van der Waals surface area contributed by atoms with E-state index in [1.807, 2.05) is 42.8 Å². The summed E-state index contributed by atoms with van der Waals surface area (Å²) in [7, 11) is 1.89. The number of amides is 1. The van der Waals surface area contributed by atoms with E-state index in [9.17, 15) is 4.79 Å². The molecule has 7 heteroatoms. The van der Waals surface area contributed by atoms with Gasteiger partial charge < -0.3 is 9.88 Å². The summed E-state index contributed by atoms with van der Waals surface area (Å²) >= 11 is 7.28. The van der Waals surface area contributed by atoms with Crippen LogP contribution in [0.2, 0.25) is 5.02 Å². The molecule has 2 aromatic rings. The molecule has 0 spiro atoms. The number of thioether (sulfide) groups is 1. The Morgan fingerprint density at radius 1 is 1.26 bits per heavy atom. The molecule has 1 heterocycles. The van der Waals surface area contributed by atoms with Gasteiger partial charge in [0.2, 0.25) is 5.91 Å². The smallest absolute Gasteiger partial charge is 0.230 e. The number of nitrogens with one attached hydrogen (secondary N) is 1. The summed E-state index contributed by atoms with van der Waals surface area (Å²) < 4.78 is 1.88. The number of benzene rings is 1. The van der Waals surface area contributed by atoms with E-state index < -0.39 is 0 Å². The second-order valence-electron chi connectivity index (χ2n) is 5.76. The molecule has 1 aromatic carbocycles. The molecule has 5 nitrogen and oxygen atoms in total. The lowest BCUT2D eigenvalue weighted by molar-refractivity contribution is -0.119. The Labute approximate surface area is 145 Å². The van der Waals surface area contributed by atoms with Crippen molar-refractivity contribution in [3.05, 3.63) is 29.3 Å². The third-order valence-electron chi connectivity index (χ3n) is 3.66.